The number of esters is 1. The minimum atomic E-state index is -0.385. The summed E-state index contributed by atoms with van der Waals surface area (Å²) in [5, 5.41) is 0. The van der Waals surface area contributed by atoms with E-state index in [2.05, 4.69) is 6.58 Å². The lowest BCUT2D eigenvalue weighted by molar-refractivity contribution is -0.141. The Labute approximate surface area is 102 Å². The van der Waals surface area contributed by atoms with E-state index in [1.807, 2.05) is 38.1 Å². The Morgan fingerprint density at radius 2 is 1.94 bits per heavy atom. The summed E-state index contributed by atoms with van der Waals surface area (Å²) in [5.41, 5.74) is 1.58. The Morgan fingerprint density at radius 1 is 1.35 bits per heavy atom. The average molecular weight is 234 g/mol. The Kier molecular flexibility index (Phi) is 4.76. The molecule has 1 rings (SSSR count). The van der Waals surface area contributed by atoms with E-state index in [1.165, 1.54) is 5.56 Å². The van der Waals surface area contributed by atoms with Gasteiger partial charge in [-0.2, -0.15) is 0 Å². The van der Waals surface area contributed by atoms with Crippen molar-refractivity contribution in [1.29, 1.82) is 0 Å². The van der Waals surface area contributed by atoms with Crippen LogP contribution < -0.4 is 4.74 Å². The second kappa shape index (κ2) is 6.09. The van der Waals surface area contributed by atoms with Gasteiger partial charge in [0.05, 0.1) is 0 Å². The predicted molar refractivity (Wildman–Crippen MR) is 67.0 cm³/mol. The first-order valence-electron chi connectivity index (χ1n) is 5.55. The van der Waals surface area contributed by atoms with E-state index in [1.54, 1.807) is 6.92 Å². The van der Waals surface area contributed by atoms with Gasteiger partial charge in [0.15, 0.2) is 0 Å². The van der Waals surface area contributed by atoms with Gasteiger partial charge >= 0.3 is 5.97 Å². The maximum atomic E-state index is 11.2. The van der Waals surface area contributed by atoms with Gasteiger partial charge in [0.2, 0.25) is 0 Å². The minimum Gasteiger partial charge on any atom is -0.487 e. The molecular weight excluding hydrogens is 216 g/mol. The molecule has 3 nitrogen and oxygen atoms in total. The molecule has 1 atom stereocenters. The van der Waals surface area contributed by atoms with Crippen LogP contribution in [0.3, 0.4) is 0 Å². The highest BCUT2D eigenvalue weighted by atomic mass is 16.6. The molecule has 0 aliphatic heterocycles. The van der Waals surface area contributed by atoms with Gasteiger partial charge in [0.1, 0.15) is 18.5 Å². The zero-order valence-corrected chi connectivity index (χ0v) is 10.5. The molecule has 1 aromatic rings. The molecule has 3 heteroatoms. The van der Waals surface area contributed by atoms with Crippen molar-refractivity contribution in [3.05, 3.63) is 42.0 Å². The summed E-state index contributed by atoms with van der Waals surface area (Å²) in [7, 11) is 0. The summed E-state index contributed by atoms with van der Waals surface area (Å²) >= 11 is 0. The lowest BCUT2D eigenvalue weighted by Gasteiger charge is -2.15. The molecule has 0 aromatic heterocycles. The van der Waals surface area contributed by atoms with E-state index >= 15 is 0 Å². The third-order valence-corrected chi connectivity index (χ3v) is 2.16. The fourth-order valence-corrected chi connectivity index (χ4v) is 1.20. The van der Waals surface area contributed by atoms with Crippen molar-refractivity contribution < 1.29 is 14.3 Å². The van der Waals surface area contributed by atoms with Crippen molar-refractivity contribution in [3.63, 3.8) is 0 Å². The Balaban J connectivity index is 2.39. The lowest BCUT2D eigenvalue weighted by atomic mass is 10.2. The van der Waals surface area contributed by atoms with Gasteiger partial charge in [0, 0.05) is 5.57 Å². The fourth-order valence-electron chi connectivity index (χ4n) is 1.20. The molecule has 92 valence electrons. The fraction of sp³-hybridized carbons (Fsp3) is 0.357. The Bertz CT molecular complexity index is 392. The zero-order valence-electron chi connectivity index (χ0n) is 10.5. The molecular formula is C14H18O3. The van der Waals surface area contributed by atoms with E-state index in [0.717, 1.165) is 5.75 Å². The van der Waals surface area contributed by atoms with Crippen LogP contribution in [-0.4, -0.2) is 18.7 Å². The normalized spacial score (nSPS) is 11.7. The summed E-state index contributed by atoms with van der Waals surface area (Å²) in [6, 6.07) is 7.74. The second-order valence-electron chi connectivity index (χ2n) is 4.12. The van der Waals surface area contributed by atoms with Crippen molar-refractivity contribution in [2.75, 3.05) is 6.61 Å². The highest BCUT2D eigenvalue weighted by Gasteiger charge is 2.08. The van der Waals surface area contributed by atoms with Crippen molar-refractivity contribution >= 4 is 5.97 Å². The van der Waals surface area contributed by atoms with Crippen molar-refractivity contribution in [1.82, 2.24) is 0 Å². The van der Waals surface area contributed by atoms with Gasteiger partial charge in [-0.15, -0.1) is 0 Å². The van der Waals surface area contributed by atoms with Crippen LogP contribution in [0, 0.1) is 6.92 Å². The van der Waals surface area contributed by atoms with E-state index in [0.29, 0.717) is 5.57 Å². The first-order valence-corrected chi connectivity index (χ1v) is 5.55. The summed E-state index contributed by atoms with van der Waals surface area (Å²) in [6.45, 7) is 9.22. The minimum absolute atomic E-state index is 0.180. The van der Waals surface area contributed by atoms with Crippen LogP contribution in [0.4, 0.5) is 0 Å². The van der Waals surface area contributed by atoms with E-state index < -0.39 is 0 Å². The van der Waals surface area contributed by atoms with Crippen molar-refractivity contribution in [3.8, 4) is 5.75 Å². The summed E-state index contributed by atoms with van der Waals surface area (Å²) in [4.78, 5) is 11.2. The largest absolute Gasteiger partial charge is 0.487 e. The number of aryl methyl sites for hydroxylation is 1. The van der Waals surface area contributed by atoms with Gasteiger partial charge in [-0.05, 0) is 32.9 Å². The standard InChI is InChI=1S/C14H18O3/c1-10(2)14(15)16-9-12(4)17-13-7-5-11(3)6-8-13/h5-8,12H,1,9H2,2-4H3. The van der Waals surface area contributed by atoms with Crippen LogP contribution in [0.25, 0.3) is 0 Å². The number of carbonyl (C=O) groups excluding carboxylic acids is 1. The molecule has 1 aromatic carbocycles. The van der Waals surface area contributed by atoms with Gasteiger partial charge in [-0.3, -0.25) is 0 Å². The van der Waals surface area contributed by atoms with Gasteiger partial charge < -0.3 is 9.47 Å². The molecule has 0 saturated carbocycles. The molecule has 0 heterocycles. The van der Waals surface area contributed by atoms with Crippen LogP contribution in [-0.2, 0) is 9.53 Å². The van der Waals surface area contributed by atoms with Gasteiger partial charge in [-0.25, -0.2) is 4.79 Å². The maximum absolute atomic E-state index is 11.2. The van der Waals surface area contributed by atoms with Crippen LogP contribution in [0.15, 0.2) is 36.4 Å². The predicted octanol–water partition coefficient (Wildman–Crippen LogP) is 2.88. The second-order valence-corrected chi connectivity index (χ2v) is 4.12. The van der Waals surface area contributed by atoms with Crippen molar-refractivity contribution in [2.24, 2.45) is 0 Å². The van der Waals surface area contributed by atoms with Crippen molar-refractivity contribution in [2.45, 2.75) is 26.9 Å². The first-order chi connectivity index (χ1) is 7.99. The number of ether oxygens (including phenoxy) is 2. The molecule has 0 N–H and O–H groups in total. The number of benzene rings is 1. The third-order valence-electron chi connectivity index (χ3n) is 2.16. The third kappa shape index (κ3) is 4.72. The summed E-state index contributed by atoms with van der Waals surface area (Å²) in [5.74, 6) is 0.388. The van der Waals surface area contributed by atoms with E-state index in [4.69, 9.17) is 9.47 Å². The molecule has 1 unspecified atom stereocenters. The van der Waals surface area contributed by atoms with Crippen LogP contribution in [0.5, 0.6) is 5.75 Å². The molecule has 0 saturated heterocycles. The van der Waals surface area contributed by atoms with E-state index in [-0.39, 0.29) is 18.7 Å². The molecule has 0 fully saturated rings. The molecule has 0 spiro atoms. The molecule has 0 bridgehead atoms. The van der Waals surface area contributed by atoms with E-state index in [9.17, 15) is 4.79 Å². The smallest absolute Gasteiger partial charge is 0.333 e. The number of hydrogen-bond acceptors (Lipinski definition) is 3. The topological polar surface area (TPSA) is 35.5 Å². The van der Waals surface area contributed by atoms with Crippen LogP contribution in [0.2, 0.25) is 0 Å². The molecule has 0 aliphatic rings. The van der Waals surface area contributed by atoms with Gasteiger partial charge in [-0.1, -0.05) is 24.3 Å². The maximum Gasteiger partial charge on any atom is 0.333 e. The monoisotopic (exact) mass is 234 g/mol. The van der Waals surface area contributed by atoms with Crippen LogP contribution >= 0.6 is 0 Å². The molecule has 0 amide bonds. The number of rotatable bonds is 5. The molecule has 0 aliphatic carbocycles. The summed E-state index contributed by atoms with van der Waals surface area (Å²) < 4.78 is 10.6. The van der Waals surface area contributed by atoms with Gasteiger partial charge in [0.25, 0.3) is 0 Å². The Morgan fingerprint density at radius 3 is 2.47 bits per heavy atom. The molecule has 17 heavy (non-hydrogen) atoms. The zero-order chi connectivity index (χ0) is 12.8. The number of carbonyl (C=O) groups is 1. The quantitative estimate of drug-likeness (QED) is 0.580. The van der Waals surface area contributed by atoms with Crippen LogP contribution in [0.1, 0.15) is 19.4 Å². The SMILES string of the molecule is C=C(C)C(=O)OCC(C)Oc1ccc(C)cc1. The number of hydrogen-bond donors (Lipinski definition) is 0. The highest BCUT2D eigenvalue weighted by molar-refractivity contribution is 5.86. The lowest BCUT2D eigenvalue weighted by Crippen LogP contribution is -2.21. The molecule has 0 radical (unpaired) electrons. The average Bonchev–Trinajstić information content (AvgIpc) is 2.29. The highest BCUT2D eigenvalue weighted by Crippen LogP contribution is 2.13. The Hall–Kier alpha value is -1.77. The summed E-state index contributed by atoms with van der Waals surface area (Å²) in [6.07, 6.45) is -0.180. The first kappa shape index (κ1) is 13.3.